The Bertz CT molecular complexity index is 842. The number of hydrogen-bond acceptors (Lipinski definition) is 5. The summed E-state index contributed by atoms with van der Waals surface area (Å²) < 4.78 is 10.5. The van der Waals surface area contributed by atoms with Gasteiger partial charge in [0, 0.05) is 25.4 Å². The summed E-state index contributed by atoms with van der Waals surface area (Å²) >= 11 is 0. The van der Waals surface area contributed by atoms with E-state index in [1.807, 2.05) is 23.1 Å². The summed E-state index contributed by atoms with van der Waals surface area (Å²) in [6.07, 6.45) is 1.98. The highest BCUT2D eigenvalue weighted by molar-refractivity contribution is 5.79. The number of aromatic nitrogens is 2. The minimum Gasteiger partial charge on any atom is -0.459 e. The molecule has 0 bridgehead atoms. The predicted molar refractivity (Wildman–Crippen MR) is 90.8 cm³/mol. The van der Waals surface area contributed by atoms with Crippen LogP contribution in [0.5, 0.6) is 0 Å². The quantitative estimate of drug-likeness (QED) is 0.713. The molecule has 1 amide bonds. The van der Waals surface area contributed by atoms with Gasteiger partial charge in [0.25, 0.3) is 5.89 Å². The van der Waals surface area contributed by atoms with E-state index in [1.165, 1.54) is 5.56 Å². The molecule has 0 spiro atoms. The molecule has 3 aromatic rings. The number of carbonyl (C=O) groups excluding carboxylic acids is 1. The molecule has 25 heavy (non-hydrogen) atoms. The lowest BCUT2D eigenvalue weighted by molar-refractivity contribution is -0.127. The van der Waals surface area contributed by atoms with Gasteiger partial charge in [-0.15, -0.1) is 0 Å². The number of nitrogens with zero attached hydrogens (tertiary/aromatic N) is 3. The first-order valence-electron chi connectivity index (χ1n) is 8.41. The van der Waals surface area contributed by atoms with Crippen molar-refractivity contribution in [3.8, 4) is 11.7 Å². The van der Waals surface area contributed by atoms with Crippen LogP contribution in [0.1, 0.15) is 36.6 Å². The molecule has 0 radical (unpaired) electrons. The molecule has 1 aliphatic heterocycles. The van der Waals surface area contributed by atoms with Gasteiger partial charge in [0.15, 0.2) is 11.6 Å². The summed E-state index contributed by atoms with van der Waals surface area (Å²) in [5, 5.41) is 4.04. The van der Waals surface area contributed by atoms with E-state index in [2.05, 4.69) is 29.2 Å². The maximum absolute atomic E-state index is 12.4. The summed E-state index contributed by atoms with van der Waals surface area (Å²) in [7, 11) is 0. The smallest absolute Gasteiger partial charge is 0.293 e. The van der Waals surface area contributed by atoms with Crippen LogP contribution < -0.4 is 0 Å². The van der Waals surface area contributed by atoms with Gasteiger partial charge in [-0.2, -0.15) is 4.98 Å². The fourth-order valence-electron chi connectivity index (χ4n) is 3.24. The van der Waals surface area contributed by atoms with Crippen molar-refractivity contribution in [2.45, 2.75) is 25.2 Å². The molecule has 0 saturated carbocycles. The number of rotatable bonds is 5. The van der Waals surface area contributed by atoms with Gasteiger partial charge in [-0.25, -0.2) is 0 Å². The van der Waals surface area contributed by atoms with Crippen molar-refractivity contribution in [2.24, 2.45) is 0 Å². The van der Waals surface area contributed by atoms with Crippen LogP contribution in [0.15, 0.2) is 57.7 Å². The molecule has 0 aliphatic carbocycles. The van der Waals surface area contributed by atoms with Gasteiger partial charge in [0.05, 0.1) is 6.26 Å². The van der Waals surface area contributed by atoms with Crippen LogP contribution in [-0.4, -0.2) is 34.0 Å². The zero-order valence-corrected chi connectivity index (χ0v) is 14.0. The summed E-state index contributed by atoms with van der Waals surface area (Å²) in [6.45, 7) is 3.45. The molecule has 2 unspecified atom stereocenters. The monoisotopic (exact) mass is 337 g/mol. The van der Waals surface area contributed by atoms with Gasteiger partial charge in [0.1, 0.15) is 0 Å². The third-order valence-electron chi connectivity index (χ3n) is 4.62. The Hall–Kier alpha value is -2.89. The molecule has 6 nitrogen and oxygen atoms in total. The lowest BCUT2D eigenvalue weighted by Gasteiger charge is -2.21. The maximum Gasteiger partial charge on any atom is 0.293 e. The van der Waals surface area contributed by atoms with Crippen LogP contribution in [0.2, 0.25) is 0 Å². The summed E-state index contributed by atoms with van der Waals surface area (Å²) in [5.41, 5.74) is 1.23. The van der Waals surface area contributed by atoms with Crippen LogP contribution in [0.25, 0.3) is 11.7 Å². The van der Waals surface area contributed by atoms with E-state index in [0.29, 0.717) is 37.0 Å². The van der Waals surface area contributed by atoms with Crippen molar-refractivity contribution in [1.29, 1.82) is 0 Å². The average Bonchev–Trinajstić information content (AvgIpc) is 3.36. The van der Waals surface area contributed by atoms with E-state index in [0.717, 1.165) is 0 Å². The topological polar surface area (TPSA) is 72.4 Å². The standard InChI is InChI=1S/C19H19N3O3/c1-13(14-6-3-2-4-7-14)11-22-12-15(10-17(22)23)18-20-19(25-21-18)16-8-5-9-24-16/h2-9,13,15H,10-12H2,1H3. The lowest BCUT2D eigenvalue weighted by atomic mass is 10.0. The molecule has 2 aromatic heterocycles. The molecule has 1 aliphatic rings. The molecular formula is C19H19N3O3. The summed E-state index contributed by atoms with van der Waals surface area (Å²) in [4.78, 5) is 18.7. The van der Waals surface area contributed by atoms with Crippen molar-refractivity contribution >= 4 is 5.91 Å². The molecule has 0 N–H and O–H groups in total. The summed E-state index contributed by atoms with van der Waals surface area (Å²) in [6, 6.07) is 13.8. The summed E-state index contributed by atoms with van der Waals surface area (Å²) in [5.74, 6) is 1.84. The molecule has 2 atom stereocenters. The SMILES string of the molecule is CC(CN1CC(c2noc(-c3ccco3)n2)CC1=O)c1ccccc1. The van der Waals surface area contributed by atoms with E-state index < -0.39 is 0 Å². The highest BCUT2D eigenvalue weighted by atomic mass is 16.5. The highest BCUT2D eigenvalue weighted by Gasteiger charge is 2.34. The molecule has 4 rings (SSSR count). The van der Waals surface area contributed by atoms with E-state index in [9.17, 15) is 4.79 Å². The first kappa shape index (κ1) is 15.6. The number of hydrogen-bond donors (Lipinski definition) is 0. The van der Waals surface area contributed by atoms with Crippen LogP contribution in [0, 0.1) is 0 Å². The highest BCUT2D eigenvalue weighted by Crippen LogP contribution is 2.30. The van der Waals surface area contributed by atoms with Gasteiger partial charge in [-0.3, -0.25) is 4.79 Å². The first-order chi connectivity index (χ1) is 12.2. The van der Waals surface area contributed by atoms with Crippen LogP contribution in [0.4, 0.5) is 0 Å². The van der Waals surface area contributed by atoms with Crippen molar-refractivity contribution in [3.63, 3.8) is 0 Å². The van der Waals surface area contributed by atoms with Gasteiger partial charge in [-0.1, -0.05) is 42.4 Å². The van der Waals surface area contributed by atoms with E-state index in [1.54, 1.807) is 18.4 Å². The zero-order valence-electron chi connectivity index (χ0n) is 14.0. The van der Waals surface area contributed by atoms with Crippen molar-refractivity contribution in [3.05, 3.63) is 60.1 Å². The number of benzene rings is 1. The van der Waals surface area contributed by atoms with Crippen LogP contribution in [0.3, 0.4) is 0 Å². The second kappa shape index (κ2) is 6.55. The zero-order chi connectivity index (χ0) is 17.2. The minimum absolute atomic E-state index is 0.0389. The van der Waals surface area contributed by atoms with Crippen molar-refractivity contribution in [2.75, 3.05) is 13.1 Å². The number of carbonyl (C=O) groups is 1. The minimum atomic E-state index is -0.0389. The predicted octanol–water partition coefficient (Wildman–Crippen LogP) is 3.45. The van der Waals surface area contributed by atoms with Crippen LogP contribution >= 0.6 is 0 Å². The fraction of sp³-hybridized carbons (Fsp3) is 0.316. The molecule has 6 heteroatoms. The number of likely N-dealkylation sites (tertiary alicyclic amines) is 1. The van der Waals surface area contributed by atoms with E-state index in [4.69, 9.17) is 8.94 Å². The third kappa shape index (κ3) is 3.20. The lowest BCUT2D eigenvalue weighted by Crippen LogP contribution is -2.29. The third-order valence-corrected chi connectivity index (χ3v) is 4.62. The van der Waals surface area contributed by atoms with Crippen molar-refractivity contribution in [1.82, 2.24) is 15.0 Å². The average molecular weight is 337 g/mol. The Balaban J connectivity index is 1.44. The molecule has 3 heterocycles. The number of amides is 1. The second-order valence-corrected chi connectivity index (χ2v) is 6.45. The van der Waals surface area contributed by atoms with Gasteiger partial charge >= 0.3 is 0 Å². The Kier molecular flexibility index (Phi) is 4.09. The molecule has 1 saturated heterocycles. The fourth-order valence-corrected chi connectivity index (χ4v) is 3.24. The van der Waals surface area contributed by atoms with Crippen LogP contribution in [-0.2, 0) is 4.79 Å². The first-order valence-corrected chi connectivity index (χ1v) is 8.41. The Morgan fingerprint density at radius 1 is 1.24 bits per heavy atom. The van der Waals surface area contributed by atoms with Crippen molar-refractivity contribution < 1.29 is 13.7 Å². The number of furan rings is 1. The Labute approximate surface area is 145 Å². The van der Waals surface area contributed by atoms with E-state index >= 15 is 0 Å². The second-order valence-electron chi connectivity index (χ2n) is 6.45. The van der Waals surface area contributed by atoms with E-state index in [-0.39, 0.29) is 17.7 Å². The Morgan fingerprint density at radius 3 is 2.84 bits per heavy atom. The Morgan fingerprint density at radius 2 is 2.08 bits per heavy atom. The maximum atomic E-state index is 12.4. The normalized spacial score (nSPS) is 18.7. The molecule has 1 fully saturated rings. The van der Waals surface area contributed by atoms with Gasteiger partial charge in [-0.05, 0) is 23.6 Å². The molecule has 128 valence electrons. The van der Waals surface area contributed by atoms with Gasteiger partial charge in [0.2, 0.25) is 5.91 Å². The molecule has 1 aromatic carbocycles. The van der Waals surface area contributed by atoms with Gasteiger partial charge < -0.3 is 13.8 Å². The largest absolute Gasteiger partial charge is 0.459 e. The molecular weight excluding hydrogens is 318 g/mol.